The van der Waals surface area contributed by atoms with Crippen LogP contribution in [0.15, 0.2) is 84.9 Å². The van der Waals surface area contributed by atoms with E-state index in [-0.39, 0.29) is 30.4 Å². The molecule has 0 aromatic heterocycles. The maximum Gasteiger partial charge on any atom is 0.261 e. The summed E-state index contributed by atoms with van der Waals surface area (Å²) < 4.78 is 6.04. The molecule has 0 saturated carbocycles. The first-order valence-electron chi connectivity index (χ1n) is 12.8. The summed E-state index contributed by atoms with van der Waals surface area (Å²) in [5, 5.41) is 3.10. The Bertz CT molecular complexity index is 1100. The van der Waals surface area contributed by atoms with Crippen LogP contribution in [0.5, 0.6) is 5.75 Å². The molecular weight excluding hydrogens is 448 g/mol. The summed E-state index contributed by atoms with van der Waals surface area (Å²) in [5.74, 6) is 0.589. The van der Waals surface area contributed by atoms with Gasteiger partial charge in [-0.1, -0.05) is 99.6 Å². The standard InChI is InChI=1S/C31H38N2O3/c1-5-24(4)32-31(35)28(20-25-14-8-6-9-15-25)33(21-26-16-10-7-11-17-26)30(34)22-36-29-19-13-12-18-27(29)23(2)3/h6-19,23-24,28H,5,20-22H2,1-4H3,(H,32,35)/t24-,28+/m1/s1. The van der Waals surface area contributed by atoms with Crippen molar-refractivity contribution in [3.05, 3.63) is 102 Å². The number of ether oxygens (including phenoxy) is 1. The molecular formula is C31H38N2O3. The first kappa shape index (κ1) is 27.0. The first-order chi connectivity index (χ1) is 17.4. The minimum Gasteiger partial charge on any atom is -0.483 e. The molecule has 0 bridgehead atoms. The lowest BCUT2D eigenvalue weighted by molar-refractivity contribution is -0.143. The van der Waals surface area contributed by atoms with E-state index in [4.69, 9.17) is 4.74 Å². The molecule has 2 amide bonds. The molecule has 5 nitrogen and oxygen atoms in total. The van der Waals surface area contributed by atoms with Crippen LogP contribution in [0, 0.1) is 0 Å². The number of nitrogens with zero attached hydrogens (tertiary/aromatic N) is 1. The second kappa shape index (κ2) is 13.5. The molecule has 0 aliphatic heterocycles. The monoisotopic (exact) mass is 486 g/mol. The second-order valence-corrected chi connectivity index (χ2v) is 9.51. The van der Waals surface area contributed by atoms with Crippen molar-refractivity contribution in [3.63, 3.8) is 0 Å². The van der Waals surface area contributed by atoms with Crippen LogP contribution in [-0.2, 0) is 22.6 Å². The Balaban J connectivity index is 1.91. The van der Waals surface area contributed by atoms with Crippen LogP contribution < -0.4 is 10.1 Å². The van der Waals surface area contributed by atoms with Gasteiger partial charge in [0.15, 0.2) is 6.61 Å². The molecule has 2 atom stereocenters. The van der Waals surface area contributed by atoms with E-state index in [0.29, 0.717) is 18.7 Å². The topological polar surface area (TPSA) is 58.6 Å². The van der Waals surface area contributed by atoms with Gasteiger partial charge in [-0.25, -0.2) is 0 Å². The van der Waals surface area contributed by atoms with Crippen LogP contribution in [0.4, 0.5) is 0 Å². The van der Waals surface area contributed by atoms with Gasteiger partial charge in [-0.15, -0.1) is 0 Å². The minimum atomic E-state index is -0.668. The molecule has 3 aromatic rings. The number of para-hydroxylation sites is 1. The molecule has 1 N–H and O–H groups in total. The summed E-state index contributed by atoms with van der Waals surface area (Å²) in [6.45, 7) is 8.39. The third-order valence-corrected chi connectivity index (χ3v) is 6.36. The number of amides is 2. The molecule has 0 fully saturated rings. The van der Waals surface area contributed by atoms with Crippen molar-refractivity contribution in [2.75, 3.05) is 6.61 Å². The van der Waals surface area contributed by atoms with Crippen molar-refractivity contribution < 1.29 is 14.3 Å². The van der Waals surface area contributed by atoms with E-state index in [1.54, 1.807) is 4.90 Å². The van der Waals surface area contributed by atoms with E-state index >= 15 is 0 Å². The Labute approximate surface area is 215 Å². The van der Waals surface area contributed by atoms with E-state index in [1.165, 1.54) is 0 Å². The number of hydrogen-bond acceptors (Lipinski definition) is 3. The van der Waals surface area contributed by atoms with Gasteiger partial charge in [-0.05, 0) is 42.0 Å². The lowest BCUT2D eigenvalue weighted by Crippen LogP contribution is -2.53. The summed E-state index contributed by atoms with van der Waals surface area (Å²) in [4.78, 5) is 28.9. The van der Waals surface area contributed by atoms with Gasteiger partial charge in [0.05, 0.1) is 0 Å². The maximum atomic E-state index is 13.7. The number of carbonyl (C=O) groups is 2. The molecule has 0 aliphatic rings. The lowest BCUT2D eigenvalue weighted by atomic mass is 10.0. The molecule has 0 spiro atoms. The van der Waals surface area contributed by atoms with E-state index in [0.717, 1.165) is 23.1 Å². The van der Waals surface area contributed by atoms with E-state index in [9.17, 15) is 9.59 Å². The fraction of sp³-hybridized carbons (Fsp3) is 0.355. The molecule has 0 aliphatic carbocycles. The van der Waals surface area contributed by atoms with Crippen molar-refractivity contribution in [2.24, 2.45) is 0 Å². The number of nitrogens with one attached hydrogen (secondary N) is 1. The third-order valence-electron chi connectivity index (χ3n) is 6.36. The number of carbonyl (C=O) groups excluding carboxylic acids is 2. The largest absolute Gasteiger partial charge is 0.483 e. The average Bonchev–Trinajstić information content (AvgIpc) is 2.90. The van der Waals surface area contributed by atoms with Crippen molar-refractivity contribution in [2.45, 2.75) is 65.1 Å². The Kier molecular flexibility index (Phi) is 10.1. The van der Waals surface area contributed by atoms with E-state index < -0.39 is 6.04 Å². The SMILES string of the molecule is CC[C@@H](C)NC(=O)[C@H](Cc1ccccc1)N(Cc1ccccc1)C(=O)COc1ccccc1C(C)C. The third kappa shape index (κ3) is 7.70. The highest BCUT2D eigenvalue weighted by atomic mass is 16.5. The molecule has 0 saturated heterocycles. The fourth-order valence-electron chi connectivity index (χ4n) is 4.09. The highest BCUT2D eigenvalue weighted by molar-refractivity contribution is 5.88. The Morgan fingerprint density at radius 2 is 1.42 bits per heavy atom. The highest BCUT2D eigenvalue weighted by Gasteiger charge is 2.31. The zero-order valence-electron chi connectivity index (χ0n) is 21.8. The Morgan fingerprint density at radius 1 is 0.833 bits per heavy atom. The van der Waals surface area contributed by atoms with Gasteiger partial charge in [0.25, 0.3) is 5.91 Å². The van der Waals surface area contributed by atoms with Crippen LogP contribution in [0.2, 0.25) is 0 Å². The predicted octanol–water partition coefficient (Wildman–Crippen LogP) is 5.74. The minimum absolute atomic E-state index is 0.0126. The molecule has 36 heavy (non-hydrogen) atoms. The molecule has 3 aromatic carbocycles. The zero-order valence-corrected chi connectivity index (χ0v) is 21.8. The average molecular weight is 487 g/mol. The summed E-state index contributed by atoms with van der Waals surface area (Å²) in [5.41, 5.74) is 3.01. The smallest absolute Gasteiger partial charge is 0.261 e. The molecule has 0 heterocycles. The quantitative estimate of drug-likeness (QED) is 0.355. The van der Waals surface area contributed by atoms with Crippen LogP contribution >= 0.6 is 0 Å². The normalized spacial score (nSPS) is 12.6. The number of hydrogen-bond donors (Lipinski definition) is 1. The maximum absolute atomic E-state index is 13.7. The Morgan fingerprint density at radius 3 is 2.03 bits per heavy atom. The van der Waals surface area contributed by atoms with Crippen LogP contribution in [0.1, 0.15) is 56.7 Å². The summed E-state index contributed by atoms with van der Waals surface area (Å²) in [7, 11) is 0. The van der Waals surface area contributed by atoms with Gasteiger partial charge in [-0.2, -0.15) is 0 Å². The van der Waals surface area contributed by atoms with Crippen molar-refractivity contribution in [1.82, 2.24) is 10.2 Å². The summed E-state index contributed by atoms with van der Waals surface area (Å²) in [6.07, 6.45) is 1.23. The second-order valence-electron chi connectivity index (χ2n) is 9.51. The molecule has 0 radical (unpaired) electrons. The Hall–Kier alpha value is -3.60. The summed E-state index contributed by atoms with van der Waals surface area (Å²) in [6, 6.07) is 26.7. The van der Waals surface area contributed by atoms with Crippen molar-refractivity contribution in [3.8, 4) is 5.75 Å². The van der Waals surface area contributed by atoms with Crippen molar-refractivity contribution >= 4 is 11.8 Å². The van der Waals surface area contributed by atoms with Gasteiger partial charge in [0.2, 0.25) is 5.91 Å². The van der Waals surface area contributed by atoms with Crippen LogP contribution in [0.3, 0.4) is 0 Å². The zero-order chi connectivity index (χ0) is 25.9. The number of benzene rings is 3. The molecule has 0 unspecified atom stereocenters. The highest BCUT2D eigenvalue weighted by Crippen LogP contribution is 2.26. The number of rotatable bonds is 12. The fourth-order valence-corrected chi connectivity index (χ4v) is 4.09. The van der Waals surface area contributed by atoms with Gasteiger partial charge >= 0.3 is 0 Å². The molecule has 190 valence electrons. The van der Waals surface area contributed by atoms with Gasteiger partial charge in [-0.3, -0.25) is 9.59 Å². The van der Waals surface area contributed by atoms with Gasteiger partial charge in [0, 0.05) is 19.0 Å². The van der Waals surface area contributed by atoms with Crippen LogP contribution in [-0.4, -0.2) is 35.4 Å². The van der Waals surface area contributed by atoms with Crippen LogP contribution in [0.25, 0.3) is 0 Å². The summed E-state index contributed by atoms with van der Waals surface area (Å²) >= 11 is 0. The van der Waals surface area contributed by atoms with E-state index in [1.807, 2.05) is 98.8 Å². The lowest BCUT2D eigenvalue weighted by Gasteiger charge is -2.32. The van der Waals surface area contributed by atoms with Gasteiger partial charge < -0.3 is 15.0 Å². The predicted molar refractivity (Wildman–Crippen MR) is 145 cm³/mol. The van der Waals surface area contributed by atoms with Gasteiger partial charge in [0.1, 0.15) is 11.8 Å². The van der Waals surface area contributed by atoms with E-state index in [2.05, 4.69) is 19.2 Å². The molecule has 5 heteroatoms. The first-order valence-corrected chi connectivity index (χ1v) is 12.8. The van der Waals surface area contributed by atoms with Crippen molar-refractivity contribution in [1.29, 1.82) is 0 Å². The molecule has 3 rings (SSSR count).